The van der Waals surface area contributed by atoms with Crippen LogP contribution >= 0.6 is 0 Å². The van der Waals surface area contributed by atoms with Crippen LogP contribution in [0.1, 0.15) is 57.8 Å². The Labute approximate surface area is 122 Å². The molecule has 1 saturated heterocycles. The Morgan fingerprint density at radius 1 is 1.30 bits per heavy atom. The maximum absolute atomic E-state index is 6.25. The fourth-order valence-corrected chi connectivity index (χ4v) is 3.97. The first-order chi connectivity index (χ1) is 9.47. The van der Waals surface area contributed by atoms with E-state index in [9.17, 15) is 0 Å². The second-order valence-corrected chi connectivity index (χ2v) is 7.53. The predicted octanol–water partition coefficient (Wildman–Crippen LogP) is 3.81. The third kappa shape index (κ3) is 2.51. The summed E-state index contributed by atoms with van der Waals surface area (Å²) in [5.41, 5.74) is 3.09. The second-order valence-electron chi connectivity index (χ2n) is 7.53. The Hall–Kier alpha value is -0.860. The molecule has 0 spiro atoms. The van der Waals surface area contributed by atoms with E-state index in [0.717, 1.165) is 18.9 Å². The molecule has 110 valence electrons. The first-order valence-corrected chi connectivity index (χ1v) is 7.94. The molecule has 1 fully saturated rings. The standard InChI is InChI=1S/C18H27NO/c1-12(2)9-13-11-20-17-14-7-5-6-8-15(14)18(3,4)10-16(17)19-13/h5-8,12-13,16-17,19H,9-11H2,1-4H3. The van der Waals surface area contributed by atoms with E-state index in [-0.39, 0.29) is 11.5 Å². The summed E-state index contributed by atoms with van der Waals surface area (Å²) in [6.07, 6.45) is 2.59. The number of nitrogens with one attached hydrogen (secondary N) is 1. The molecule has 1 N–H and O–H groups in total. The molecule has 2 heteroatoms. The number of benzene rings is 1. The number of hydrogen-bond donors (Lipinski definition) is 1. The van der Waals surface area contributed by atoms with Crippen molar-refractivity contribution in [3.63, 3.8) is 0 Å². The highest BCUT2D eigenvalue weighted by Gasteiger charge is 2.42. The molecule has 3 atom stereocenters. The lowest BCUT2D eigenvalue weighted by molar-refractivity contribution is -0.0471. The van der Waals surface area contributed by atoms with E-state index in [1.807, 2.05) is 0 Å². The number of ether oxygens (including phenoxy) is 1. The summed E-state index contributed by atoms with van der Waals surface area (Å²) in [4.78, 5) is 0. The largest absolute Gasteiger partial charge is 0.370 e. The number of hydrogen-bond acceptors (Lipinski definition) is 2. The third-order valence-corrected chi connectivity index (χ3v) is 4.77. The molecule has 1 aliphatic heterocycles. The van der Waals surface area contributed by atoms with Crippen molar-refractivity contribution in [3.05, 3.63) is 35.4 Å². The second kappa shape index (κ2) is 5.16. The molecule has 1 heterocycles. The first kappa shape index (κ1) is 14.1. The highest BCUT2D eigenvalue weighted by molar-refractivity contribution is 5.39. The van der Waals surface area contributed by atoms with Crippen LogP contribution in [0, 0.1) is 5.92 Å². The van der Waals surface area contributed by atoms with Gasteiger partial charge in [-0.2, -0.15) is 0 Å². The fourth-order valence-electron chi connectivity index (χ4n) is 3.97. The van der Waals surface area contributed by atoms with E-state index in [0.29, 0.717) is 12.1 Å². The topological polar surface area (TPSA) is 21.3 Å². The summed E-state index contributed by atoms with van der Waals surface area (Å²) in [6.45, 7) is 10.1. The summed E-state index contributed by atoms with van der Waals surface area (Å²) in [7, 11) is 0. The number of rotatable bonds is 2. The molecule has 0 saturated carbocycles. The molecule has 1 aliphatic carbocycles. The molecule has 1 aromatic carbocycles. The lowest BCUT2D eigenvalue weighted by atomic mass is 9.69. The van der Waals surface area contributed by atoms with E-state index in [2.05, 4.69) is 57.3 Å². The van der Waals surface area contributed by atoms with E-state index >= 15 is 0 Å². The van der Waals surface area contributed by atoms with Gasteiger partial charge >= 0.3 is 0 Å². The van der Waals surface area contributed by atoms with Gasteiger partial charge in [-0.25, -0.2) is 0 Å². The van der Waals surface area contributed by atoms with E-state index in [1.165, 1.54) is 17.5 Å². The minimum atomic E-state index is 0.230. The van der Waals surface area contributed by atoms with Gasteiger partial charge in [0.2, 0.25) is 0 Å². The van der Waals surface area contributed by atoms with Crippen molar-refractivity contribution in [2.45, 2.75) is 64.1 Å². The van der Waals surface area contributed by atoms with Gasteiger partial charge in [-0.15, -0.1) is 0 Å². The van der Waals surface area contributed by atoms with Crippen LogP contribution in [0.2, 0.25) is 0 Å². The van der Waals surface area contributed by atoms with Gasteiger partial charge in [-0.3, -0.25) is 0 Å². The molecule has 3 unspecified atom stereocenters. The molecule has 1 aromatic rings. The molecule has 0 amide bonds. The highest BCUT2D eigenvalue weighted by Crippen LogP contribution is 2.44. The molecule has 20 heavy (non-hydrogen) atoms. The van der Waals surface area contributed by atoms with Gasteiger partial charge in [0.15, 0.2) is 0 Å². The Balaban J connectivity index is 1.85. The maximum Gasteiger partial charge on any atom is 0.0981 e. The van der Waals surface area contributed by atoms with Crippen molar-refractivity contribution >= 4 is 0 Å². The zero-order valence-corrected chi connectivity index (χ0v) is 13.1. The van der Waals surface area contributed by atoms with Gasteiger partial charge in [0, 0.05) is 12.1 Å². The van der Waals surface area contributed by atoms with Crippen LogP contribution < -0.4 is 5.32 Å². The molecule has 3 rings (SSSR count). The van der Waals surface area contributed by atoms with E-state index < -0.39 is 0 Å². The third-order valence-electron chi connectivity index (χ3n) is 4.77. The van der Waals surface area contributed by atoms with E-state index in [4.69, 9.17) is 4.74 Å². The Morgan fingerprint density at radius 2 is 2.05 bits per heavy atom. The Bertz CT molecular complexity index is 480. The van der Waals surface area contributed by atoms with Gasteiger partial charge in [0.05, 0.1) is 12.7 Å². The van der Waals surface area contributed by atoms with Crippen LogP contribution in [0.3, 0.4) is 0 Å². The summed E-state index contributed by atoms with van der Waals surface area (Å²) >= 11 is 0. The monoisotopic (exact) mass is 273 g/mol. The summed E-state index contributed by atoms with van der Waals surface area (Å²) in [5.74, 6) is 0.719. The van der Waals surface area contributed by atoms with Crippen LogP contribution in [0.15, 0.2) is 24.3 Å². The highest BCUT2D eigenvalue weighted by atomic mass is 16.5. The average molecular weight is 273 g/mol. The van der Waals surface area contributed by atoms with E-state index in [1.54, 1.807) is 0 Å². The summed E-state index contributed by atoms with van der Waals surface area (Å²) < 4.78 is 6.25. The van der Waals surface area contributed by atoms with Crippen LogP contribution in [-0.2, 0) is 10.2 Å². The van der Waals surface area contributed by atoms with Crippen LogP contribution in [0.25, 0.3) is 0 Å². The SMILES string of the molecule is CC(C)CC1COC2c3ccccc3C(C)(C)CC2N1. The van der Waals surface area contributed by atoms with Gasteiger partial charge in [0.25, 0.3) is 0 Å². The summed E-state index contributed by atoms with van der Waals surface area (Å²) in [6, 6.07) is 9.78. The molecule has 2 aliphatic rings. The van der Waals surface area contributed by atoms with Crippen molar-refractivity contribution in [2.75, 3.05) is 6.61 Å². The van der Waals surface area contributed by atoms with Gasteiger partial charge in [0.1, 0.15) is 0 Å². The van der Waals surface area contributed by atoms with Crippen molar-refractivity contribution in [2.24, 2.45) is 5.92 Å². The lowest BCUT2D eigenvalue weighted by Crippen LogP contribution is -2.54. The smallest absolute Gasteiger partial charge is 0.0981 e. The Morgan fingerprint density at radius 3 is 2.80 bits per heavy atom. The first-order valence-electron chi connectivity index (χ1n) is 7.94. The molecule has 2 nitrogen and oxygen atoms in total. The molecule has 0 radical (unpaired) electrons. The van der Waals surface area contributed by atoms with Gasteiger partial charge < -0.3 is 10.1 Å². The lowest BCUT2D eigenvalue weighted by Gasteiger charge is -2.47. The number of morpholine rings is 1. The number of fused-ring (bicyclic) bond motifs is 3. The predicted molar refractivity (Wildman–Crippen MR) is 82.9 cm³/mol. The average Bonchev–Trinajstić information content (AvgIpc) is 2.37. The minimum absolute atomic E-state index is 0.230. The van der Waals surface area contributed by atoms with Crippen molar-refractivity contribution in [1.29, 1.82) is 0 Å². The van der Waals surface area contributed by atoms with Crippen molar-refractivity contribution in [1.82, 2.24) is 5.32 Å². The zero-order chi connectivity index (χ0) is 14.3. The van der Waals surface area contributed by atoms with Crippen molar-refractivity contribution in [3.8, 4) is 0 Å². The molecular formula is C18H27NO. The van der Waals surface area contributed by atoms with Gasteiger partial charge in [-0.1, -0.05) is 52.0 Å². The normalized spacial score (nSPS) is 31.8. The Kier molecular flexibility index (Phi) is 3.64. The minimum Gasteiger partial charge on any atom is -0.370 e. The van der Waals surface area contributed by atoms with Crippen molar-refractivity contribution < 1.29 is 4.74 Å². The molecular weight excluding hydrogens is 246 g/mol. The van der Waals surface area contributed by atoms with Crippen LogP contribution in [0.4, 0.5) is 0 Å². The van der Waals surface area contributed by atoms with Gasteiger partial charge in [-0.05, 0) is 35.3 Å². The fraction of sp³-hybridized carbons (Fsp3) is 0.667. The zero-order valence-electron chi connectivity index (χ0n) is 13.1. The quantitative estimate of drug-likeness (QED) is 0.884. The molecule has 0 aromatic heterocycles. The maximum atomic E-state index is 6.25. The van der Waals surface area contributed by atoms with Crippen LogP contribution in [0.5, 0.6) is 0 Å². The summed E-state index contributed by atoms with van der Waals surface area (Å²) in [5, 5.41) is 3.86. The van der Waals surface area contributed by atoms with Crippen LogP contribution in [-0.4, -0.2) is 18.7 Å². The molecule has 0 bridgehead atoms.